The summed E-state index contributed by atoms with van der Waals surface area (Å²) in [5.41, 5.74) is 0.00639. The molecule has 6 heteroatoms. The summed E-state index contributed by atoms with van der Waals surface area (Å²) >= 11 is 0. The molecule has 0 fully saturated rings. The van der Waals surface area contributed by atoms with Crippen molar-refractivity contribution in [3.05, 3.63) is 29.6 Å². The van der Waals surface area contributed by atoms with Gasteiger partial charge in [0, 0.05) is 6.07 Å². The number of hydrogen-bond acceptors (Lipinski definition) is 2. The lowest BCUT2D eigenvalue weighted by molar-refractivity contribution is -0.143. The second kappa shape index (κ2) is 4.01. The number of carbonyl (C=O) groups is 1. The Morgan fingerprint density at radius 3 is 2.71 bits per heavy atom. The molecule has 0 N–H and O–H groups in total. The lowest BCUT2D eigenvalue weighted by Gasteiger charge is -2.24. The number of Topliss-reactive ketones (excluding diaryl/α,β-unsaturated/α-hetero) is 1. The molecule has 1 aromatic rings. The number of benzene rings is 1. The highest BCUT2D eigenvalue weighted by atomic mass is 19.4. The molecule has 0 saturated heterocycles. The average Bonchev–Trinajstić information content (AvgIpc) is 2.20. The summed E-state index contributed by atoms with van der Waals surface area (Å²) in [4.78, 5) is 11.7. The molecule has 0 bridgehead atoms. The van der Waals surface area contributed by atoms with E-state index >= 15 is 0 Å². The summed E-state index contributed by atoms with van der Waals surface area (Å²) in [7, 11) is 0. The van der Waals surface area contributed by atoms with Gasteiger partial charge in [0.1, 0.15) is 11.6 Å². The third-order valence-corrected chi connectivity index (χ3v) is 2.50. The van der Waals surface area contributed by atoms with Crippen molar-refractivity contribution in [1.29, 1.82) is 0 Å². The fraction of sp³-hybridized carbons (Fsp3) is 0.364. The van der Waals surface area contributed by atoms with E-state index in [4.69, 9.17) is 4.74 Å². The zero-order valence-corrected chi connectivity index (χ0v) is 8.55. The van der Waals surface area contributed by atoms with Crippen molar-refractivity contribution in [2.75, 3.05) is 6.61 Å². The van der Waals surface area contributed by atoms with Gasteiger partial charge in [-0.05, 0) is 12.1 Å². The number of fused-ring (bicyclic) bond motifs is 1. The van der Waals surface area contributed by atoms with Gasteiger partial charge in [0.2, 0.25) is 0 Å². The Morgan fingerprint density at radius 2 is 2.06 bits per heavy atom. The molecule has 1 aromatic carbocycles. The third-order valence-electron chi connectivity index (χ3n) is 2.50. The zero-order chi connectivity index (χ0) is 12.6. The van der Waals surface area contributed by atoms with Crippen LogP contribution in [0, 0.1) is 11.7 Å². The number of ether oxygens (including phenoxy) is 1. The van der Waals surface area contributed by atoms with E-state index < -0.39 is 30.1 Å². The van der Waals surface area contributed by atoms with Crippen molar-refractivity contribution in [2.45, 2.75) is 12.6 Å². The molecule has 1 aliphatic heterocycles. The Bertz CT molecular complexity index is 453. The highest BCUT2D eigenvalue weighted by Crippen LogP contribution is 2.33. The lowest BCUT2D eigenvalue weighted by Crippen LogP contribution is -2.31. The quantitative estimate of drug-likeness (QED) is 0.714. The Labute approximate surface area is 94.2 Å². The number of halogens is 4. The van der Waals surface area contributed by atoms with Gasteiger partial charge in [-0.25, -0.2) is 4.39 Å². The number of alkyl halides is 3. The molecule has 0 radical (unpaired) electrons. The second-order valence-electron chi connectivity index (χ2n) is 3.83. The van der Waals surface area contributed by atoms with Gasteiger partial charge in [-0.3, -0.25) is 4.79 Å². The van der Waals surface area contributed by atoms with Gasteiger partial charge in [0.05, 0.1) is 24.5 Å². The Morgan fingerprint density at radius 1 is 1.35 bits per heavy atom. The molecule has 1 unspecified atom stereocenters. The molecule has 0 amide bonds. The van der Waals surface area contributed by atoms with Crippen molar-refractivity contribution >= 4 is 5.78 Å². The predicted octanol–water partition coefficient (Wildman–Crippen LogP) is 2.97. The molecule has 0 saturated carbocycles. The molecule has 92 valence electrons. The molecular weight excluding hydrogens is 240 g/mol. The molecule has 2 nitrogen and oxygen atoms in total. The van der Waals surface area contributed by atoms with Crippen molar-refractivity contribution < 1.29 is 27.1 Å². The van der Waals surface area contributed by atoms with Crippen LogP contribution in [0.25, 0.3) is 0 Å². The molecule has 1 aliphatic rings. The fourth-order valence-corrected chi connectivity index (χ4v) is 1.74. The Kier molecular flexibility index (Phi) is 2.81. The van der Waals surface area contributed by atoms with Crippen LogP contribution < -0.4 is 4.74 Å². The highest BCUT2D eigenvalue weighted by Gasteiger charge is 2.38. The molecular formula is C11H8F4O2. The SMILES string of the molecule is O=C1c2ccc(F)cc2OCC1CC(F)(F)F. The van der Waals surface area contributed by atoms with Crippen LogP contribution >= 0.6 is 0 Å². The van der Waals surface area contributed by atoms with E-state index in [0.29, 0.717) is 0 Å². The minimum Gasteiger partial charge on any atom is -0.492 e. The standard InChI is InChI=1S/C11H8F4O2/c12-7-1-2-8-9(3-7)17-5-6(10(8)16)4-11(13,14)15/h1-3,6H,4-5H2. The highest BCUT2D eigenvalue weighted by molar-refractivity contribution is 6.01. The first kappa shape index (κ1) is 11.9. The molecule has 0 aliphatic carbocycles. The topological polar surface area (TPSA) is 26.3 Å². The third kappa shape index (κ3) is 2.57. The van der Waals surface area contributed by atoms with E-state index in [-0.39, 0.29) is 17.9 Å². The molecule has 2 rings (SSSR count). The smallest absolute Gasteiger partial charge is 0.389 e. The number of ketones is 1. The summed E-state index contributed by atoms with van der Waals surface area (Å²) in [6, 6.07) is 3.17. The maximum Gasteiger partial charge on any atom is 0.389 e. The lowest BCUT2D eigenvalue weighted by atomic mass is 9.92. The number of hydrogen-bond donors (Lipinski definition) is 0. The van der Waals surface area contributed by atoms with Crippen LogP contribution in [-0.4, -0.2) is 18.6 Å². The minimum absolute atomic E-state index is 0.00639. The predicted molar refractivity (Wildman–Crippen MR) is 50.4 cm³/mol. The van der Waals surface area contributed by atoms with E-state index in [1.807, 2.05) is 0 Å². The van der Waals surface area contributed by atoms with Crippen LogP contribution in [0.15, 0.2) is 18.2 Å². The van der Waals surface area contributed by atoms with E-state index in [0.717, 1.165) is 18.2 Å². The average molecular weight is 248 g/mol. The first-order chi connectivity index (χ1) is 7.87. The van der Waals surface area contributed by atoms with Crippen LogP contribution in [0.3, 0.4) is 0 Å². The summed E-state index contributed by atoms with van der Waals surface area (Å²) in [6.45, 7) is -0.366. The van der Waals surface area contributed by atoms with Crippen molar-refractivity contribution in [1.82, 2.24) is 0 Å². The maximum atomic E-state index is 12.8. The van der Waals surface area contributed by atoms with Gasteiger partial charge in [-0.2, -0.15) is 13.2 Å². The van der Waals surface area contributed by atoms with E-state index in [1.54, 1.807) is 0 Å². The first-order valence-electron chi connectivity index (χ1n) is 4.90. The number of rotatable bonds is 1. The zero-order valence-electron chi connectivity index (χ0n) is 8.55. The van der Waals surface area contributed by atoms with Gasteiger partial charge in [0.25, 0.3) is 0 Å². The van der Waals surface area contributed by atoms with Gasteiger partial charge < -0.3 is 4.74 Å². The number of carbonyl (C=O) groups excluding carboxylic acids is 1. The van der Waals surface area contributed by atoms with Gasteiger partial charge in [0.15, 0.2) is 5.78 Å². The Hall–Kier alpha value is -1.59. The normalized spacial score (nSPS) is 19.8. The Balaban J connectivity index is 2.25. The molecule has 0 spiro atoms. The minimum atomic E-state index is -4.42. The van der Waals surface area contributed by atoms with Gasteiger partial charge in [-0.1, -0.05) is 0 Å². The largest absolute Gasteiger partial charge is 0.492 e. The molecule has 17 heavy (non-hydrogen) atoms. The van der Waals surface area contributed by atoms with Crippen LogP contribution in [0.4, 0.5) is 17.6 Å². The molecule has 0 aromatic heterocycles. The van der Waals surface area contributed by atoms with Crippen LogP contribution in [-0.2, 0) is 0 Å². The first-order valence-corrected chi connectivity index (χ1v) is 4.90. The summed E-state index contributed by atoms with van der Waals surface area (Å²) in [6.07, 6.45) is -5.64. The summed E-state index contributed by atoms with van der Waals surface area (Å²) in [5.74, 6) is -2.48. The van der Waals surface area contributed by atoms with Gasteiger partial charge >= 0.3 is 6.18 Å². The fourth-order valence-electron chi connectivity index (χ4n) is 1.74. The van der Waals surface area contributed by atoms with Crippen molar-refractivity contribution in [3.8, 4) is 5.75 Å². The van der Waals surface area contributed by atoms with E-state index in [2.05, 4.69) is 0 Å². The van der Waals surface area contributed by atoms with Crippen molar-refractivity contribution in [3.63, 3.8) is 0 Å². The molecule has 1 heterocycles. The van der Waals surface area contributed by atoms with Crippen LogP contribution in [0.2, 0.25) is 0 Å². The van der Waals surface area contributed by atoms with Crippen molar-refractivity contribution in [2.24, 2.45) is 5.92 Å². The maximum absolute atomic E-state index is 12.8. The van der Waals surface area contributed by atoms with Crippen LogP contribution in [0.5, 0.6) is 5.75 Å². The van der Waals surface area contributed by atoms with E-state index in [9.17, 15) is 22.4 Å². The second-order valence-corrected chi connectivity index (χ2v) is 3.83. The van der Waals surface area contributed by atoms with Gasteiger partial charge in [-0.15, -0.1) is 0 Å². The van der Waals surface area contributed by atoms with Crippen LogP contribution in [0.1, 0.15) is 16.8 Å². The van der Waals surface area contributed by atoms with E-state index in [1.165, 1.54) is 0 Å². The summed E-state index contributed by atoms with van der Waals surface area (Å²) in [5, 5.41) is 0. The monoisotopic (exact) mass is 248 g/mol. The molecule has 1 atom stereocenters. The summed E-state index contributed by atoms with van der Waals surface area (Å²) < 4.78 is 54.3.